The van der Waals surface area contributed by atoms with Crippen LogP contribution in [-0.4, -0.2) is 57.4 Å². The molecule has 2 heterocycles. The zero-order valence-corrected chi connectivity index (χ0v) is 12.1. The fraction of sp³-hybridized carbons (Fsp3) is 1.00. The summed E-state index contributed by atoms with van der Waals surface area (Å²) < 4.78 is 31.4. The van der Waals surface area contributed by atoms with Crippen molar-refractivity contribution in [1.29, 1.82) is 0 Å². The second-order valence-electron chi connectivity index (χ2n) is 5.75. The molecule has 5 nitrogen and oxygen atoms in total. The van der Waals surface area contributed by atoms with Crippen LogP contribution >= 0.6 is 0 Å². The van der Waals surface area contributed by atoms with Gasteiger partial charge in [-0.15, -0.1) is 0 Å². The van der Waals surface area contributed by atoms with Gasteiger partial charge in [-0.3, -0.25) is 0 Å². The number of ether oxygens (including phenoxy) is 1. The Morgan fingerprint density at radius 1 is 1.39 bits per heavy atom. The van der Waals surface area contributed by atoms with E-state index < -0.39 is 10.0 Å². The number of hydrogen-bond donors (Lipinski definition) is 1. The molecule has 2 aliphatic rings. The lowest BCUT2D eigenvalue weighted by atomic mass is 9.87. The Morgan fingerprint density at radius 2 is 2.17 bits per heavy atom. The standard InChI is InChI=1S/C12H24N2O3S/c1-11(2)17-7-8-18(15,16)14-6-4-12(10-14)3-5-13-9-12/h11,13H,3-10H2,1-2H3. The molecule has 0 aromatic heterocycles. The maximum absolute atomic E-state index is 12.2. The molecule has 0 radical (unpaired) electrons. The molecule has 2 saturated heterocycles. The molecule has 1 N–H and O–H groups in total. The van der Waals surface area contributed by atoms with Crippen molar-refractivity contribution >= 4 is 10.0 Å². The Balaban J connectivity index is 1.87. The third-order valence-electron chi connectivity index (χ3n) is 3.92. The Bertz CT molecular complexity index is 375. The van der Waals surface area contributed by atoms with Crippen LogP contribution in [0.4, 0.5) is 0 Å². The molecular weight excluding hydrogens is 252 g/mol. The van der Waals surface area contributed by atoms with Gasteiger partial charge in [-0.2, -0.15) is 0 Å². The van der Waals surface area contributed by atoms with Gasteiger partial charge in [0.1, 0.15) is 0 Å². The van der Waals surface area contributed by atoms with E-state index in [2.05, 4.69) is 5.32 Å². The molecule has 0 aliphatic carbocycles. The van der Waals surface area contributed by atoms with E-state index in [1.807, 2.05) is 13.8 Å². The summed E-state index contributed by atoms with van der Waals surface area (Å²) in [5.41, 5.74) is 0.200. The lowest BCUT2D eigenvalue weighted by molar-refractivity contribution is 0.0907. The fourth-order valence-electron chi connectivity index (χ4n) is 2.79. The molecule has 2 rings (SSSR count). The molecule has 0 aromatic rings. The predicted octanol–water partition coefficient (Wildman–Crippen LogP) is 0.427. The van der Waals surface area contributed by atoms with E-state index in [1.54, 1.807) is 4.31 Å². The maximum atomic E-state index is 12.2. The number of nitrogens with one attached hydrogen (secondary N) is 1. The normalized spacial score (nSPS) is 29.7. The second kappa shape index (κ2) is 5.45. The Hall–Kier alpha value is -0.170. The number of rotatable bonds is 5. The number of sulfonamides is 1. The average Bonchev–Trinajstić information content (AvgIpc) is 2.89. The van der Waals surface area contributed by atoms with Crippen LogP contribution in [0.5, 0.6) is 0 Å². The van der Waals surface area contributed by atoms with E-state index in [0.717, 1.165) is 25.9 Å². The molecule has 1 atom stereocenters. The highest BCUT2D eigenvalue weighted by Gasteiger charge is 2.43. The third kappa shape index (κ3) is 3.23. The highest BCUT2D eigenvalue weighted by Crippen LogP contribution is 2.37. The van der Waals surface area contributed by atoms with Crippen molar-refractivity contribution in [1.82, 2.24) is 9.62 Å². The van der Waals surface area contributed by atoms with Crippen molar-refractivity contribution in [2.45, 2.75) is 32.8 Å². The molecule has 2 aliphatic heterocycles. The molecule has 0 saturated carbocycles. The Morgan fingerprint density at radius 3 is 2.78 bits per heavy atom. The van der Waals surface area contributed by atoms with Crippen molar-refractivity contribution in [3.63, 3.8) is 0 Å². The van der Waals surface area contributed by atoms with Crippen molar-refractivity contribution in [2.24, 2.45) is 5.41 Å². The van der Waals surface area contributed by atoms with E-state index in [0.29, 0.717) is 19.7 Å². The van der Waals surface area contributed by atoms with Gasteiger partial charge in [0.05, 0.1) is 18.5 Å². The van der Waals surface area contributed by atoms with E-state index in [1.165, 1.54) is 0 Å². The van der Waals surface area contributed by atoms with Gasteiger partial charge in [-0.1, -0.05) is 0 Å². The van der Waals surface area contributed by atoms with Crippen molar-refractivity contribution in [3.8, 4) is 0 Å². The van der Waals surface area contributed by atoms with Gasteiger partial charge in [0, 0.05) is 19.6 Å². The number of hydrogen-bond acceptors (Lipinski definition) is 4. The minimum Gasteiger partial charge on any atom is -0.378 e. The summed E-state index contributed by atoms with van der Waals surface area (Å²) in [4.78, 5) is 0. The minimum absolute atomic E-state index is 0.0872. The molecule has 1 unspecified atom stereocenters. The molecule has 2 fully saturated rings. The SMILES string of the molecule is CC(C)OCCS(=O)(=O)N1CCC2(CCNC2)C1. The molecule has 18 heavy (non-hydrogen) atoms. The Kier molecular flexibility index (Phi) is 4.31. The first kappa shape index (κ1) is 14.2. The topological polar surface area (TPSA) is 58.6 Å². The summed E-state index contributed by atoms with van der Waals surface area (Å²) >= 11 is 0. The third-order valence-corrected chi connectivity index (χ3v) is 5.70. The molecular formula is C12H24N2O3S. The van der Waals surface area contributed by atoms with Gasteiger partial charge >= 0.3 is 0 Å². The smallest absolute Gasteiger partial charge is 0.216 e. The highest BCUT2D eigenvalue weighted by atomic mass is 32.2. The number of nitrogens with zero attached hydrogens (tertiary/aromatic N) is 1. The zero-order chi connectivity index (χ0) is 13.2. The zero-order valence-electron chi connectivity index (χ0n) is 11.3. The van der Waals surface area contributed by atoms with Gasteiger partial charge in [0.15, 0.2) is 0 Å². The summed E-state index contributed by atoms with van der Waals surface area (Å²) in [5, 5.41) is 3.34. The lowest BCUT2D eigenvalue weighted by Crippen LogP contribution is -2.35. The fourth-order valence-corrected chi connectivity index (χ4v) is 4.20. The van der Waals surface area contributed by atoms with Gasteiger partial charge in [0.25, 0.3) is 0 Å². The first-order chi connectivity index (χ1) is 8.44. The molecule has 0 bridgehead atoms. The van der Waals surface area contributed by atoms with Crippen LogP contribution in [0.3, 0.4) is 0 Å². The summed E-state index contributed by atoms with van der Waals surface area (Å²) in [7, 11) is -3.14. The van der Waals surface area contributed by atoms with Crippen LogP contribution in [0.15, 0.2) is 0 Å². The predicted molar refractivity (Wildman–Crippen MR) is 71.0 cm³/mol. The lowest BCUT2D eigenvalue weighted by Gasteiger charge is -2.22. The van der Waals surface area contributed by atoms with Crippen LogP contribution in [0.1, 0.15) is 26.7 Å². The summed E-state index contributed by atoms with van der Waals surface area (Å²) in [6.45, 7) is 7.46. The monoisotopic (exact) mass is 276 g/mol. The van der Waals surface area contributed by atoms with Gasteiger partial charge < -0.3 is 10.1 Å². The van der Waals surface area contributed by atoms with Crippen LogP contribution in [0.25, 0.3) is 0 Å². The first-order valence-corrected chi connectivity index (χ1v) is 8.35. The quantitative estimate of drug-likeness (QED) is 0.791. The van der Waals surface area contributed by atoms with Crippen LogP contribution in [0, 0.1) is 5.41 Å². The van der Waals surface area contributed by atoms with Crippen LogP contribution in [-0.2, 0) is 14.8 Å². The Labute approximate surface area is 110 Å². The van der Waals surface area contributed by atoms with Crippen molar-refractivity contribution in [3.05, 3.63) is 0 Å². The van der Waals surface area contributed by atoms with E-state index >= 15 is 0 Å². The highest BCUT2D eigenvalue weighted by molar-refractivity contribution is 7.89. The molecule has 106 valence electrons. The average molecular weight is 276 g/mol. The summed E-state index contributed by atoms with van der Waals surface area (Å²) in [6, 6.07) is 0. The van der Waals surface area contributed by atoms with E-state index in [4.69, 9.17) is 4.74 Å². The summed E-state index contributed by atoms with van der Waals surface area (Å²) in [5.74, 6) is 0.106. The first-order valence-electron chi connectivity index (χ1n) is 6.74. The minimum atomic E-state index is -3.14. The van der Waals surface area contributed by atoms with Crippen LogP contribution < -0.4 is 5.32 Å². The second-order valence-corrected chi connectivity index (χ2v) is 7.83. The molecule has 0 aromatic carbocycles. The van der Waals surface area contributed by atoms with Crippen LogP contribution in [0.2, 0.25) is 0 Å². The molecule has 6 heteroatoms. The van der Waals surface area contributed by atoms with Crippen molar-refractivity contribution < 1.29 is 13.2 Å². The van der Waals surface area contributed by atoms with Crippen molar-refractivity contribution in [2.75, 3.05) is 38.5 Å². The van der Waals surface area contributed by atoms with E-state index in [9.17, 15) is 8.42 Å². The molecule has 1 spiro atoms. The summed E-state index contributed by atoms with van der Waals surface area (Å²) in [6.07, 6.45) is 2.18. The van der Waals surface area contributed by atoms with Gasteiger partial charge in [0.2, 0.25) is 10.0 Å². The maximum Gasteiger partial charge on any atom is 0.216 e. The van der Waals surface area contributed by atoms with Gasteiger partial charge in [-0.05, 0) is 38.6 Å². The van der Waals surface area contributed by atoms with Gasteiger partial charge in [-0.25, -0.2) is 12.7 Å². The largest absolute Gasteiger partial charge is 0.378 e. The van der Waals surface area contributed by atoms with E-state index in [-0.39, 0.29) is 17.3 Å². The molecule has 0 amide bonds.